The number of aryl methyl sites for hydroxylation is 1. The van der Waals surface area contributed by atoms with Crippen LogP contribution in [0, 0.1) is 6.92 Å². The lowest BCUT2D eigenvalue weighted by molar-refractivity contribution is -0.113. The quantitative estimate of drug-likeness (QED) is 0.231. The number of hydrogen-bond donors (Lipinski definition) is 0. The van der Waals surface area contributed by atoms with E-state index in [1.807, 2.05) is 73.7 Å². The summed E-state index contributed by atoms with van der Waals surface area (Å²) in [5.41, 5.74) is 3.90. The molecule has 0 N–H and O–H groups in total. The molecule has 0 unspecified atom stereocenters. The molecule has 1 heterocycles. The molecular weight excluding hydrogens is 446 g/mol. The molecule has 1 fully saturated rings. The Bertz CT molecular complexity index is 1390. The third kappa shape index (κ3) is 4.56. The largest absolute Gasteiger partial charge is 0.489 e. The highest BCUT2D eigenvalue weighted by Crippen LogP contribution is 2.37. The number of benzene rings is 4. The van der Waals surface area contributed by atoms with Crippen molar-refractivity contribution in [2.75, 3.05) is 4.90 Å². The third-order valence-electron chi connectivity index (χ3n) is 5.55. The lowest BCUT2D eigenvalue weighted by atomic mass is 10.1. The SMILES string of the molecule is Cc1ccccc1N1C(=O)/C(=C/c2ccc(OCc3ccc4ccccc4c3)cc2)SC1=S. The topological polar surface area (TPSA) is 29.5 Å². The van der Waals surface area contributed by atoms with Crippen molar-refractivity contribution in [3.63, 3.8) is 0 Å². The van der Waals surface area contributed by atoms with Crippen LogP contribution >= 0.6 is 24.0 Å². The minimum atomic E-state index is -0.0871. The Morgan fingerprint density at radius 1 is 0.909 bits per heavy atom. The number of para-hydroxylation sites is 1. The van der Waals surface area contributed by atoms with Gasteiger partial charge in [-0.15, -0.1) is 0 Å². The van der Waals surface area contributed by atoms with Gasteiger partial charge in [-0.05, 0) is 64.7 Å². The van der Waals surface area contributed by atoms with Gasteiger partial charge in [-0.2, -0.15) is 0 Å². The molecule has 4 aromatic carbocycles. The first-order chi connectivity index (χ1) is 16.1. The zero-order valence-electron chi connectivity index (χ0n) is 18.0. The molecule has 1 amide bonds. The van der Waals surface area contributed by atoms with E-state index in [2.05, 4.69) is 30.3 Å². The molecule has 0 saturated carbocycles. The number of carbonyl (C=O) groups is 1. The Labute approximate surface area is 202 Å². The van der Waals surface area contributed by atoms with Crippen LogP contribution in [0.5, 0.6) is 5.75 Å². The van der Waals surface area contributed by atoms with Crippen LogP contribution in [-0.4, -0.2) is 10.2 Å². The summed E-state index contributed by atoms with van der Waals surface area (Å²) >= 11 is 6.82. The lowest BCUT2D eigenvalue weighted by Gasteiger charge is -2.16. The van der Waals surface area contributed by atoms with E-state index in [4.69, 9.17) is 17.0 Å². The molecule has 4 aromatic rings. The highest BCUT2D eigenvalue weighted by Gasteiger charge is 2.33. The maximum absolute atomic E-state index is 13.0. The van der Waals surface area contributed by atoms with Gasteiger partial charge in [0.05, 0.1) is 10.6 Å². The predicted octanol–water partition coefficient (Wildman–Crippen LogP) is 7.13. The maximum Gasteiger partial charge on any atom is 0.270 e. The highest BCUT2D eigenvalue weighted by molar-refractivity contribution is 8.27. The summed E-state index contributed by atoms with van der Waals surface area (Å²) in [6.07, 6.45) is 1.88. The summed E-state index contributed by atoms with van der Waals surface area (Å²) in [5.74, 6) is 0.698. The number of hydrogen-bond acceptors (Lipinski definition) is 4. The maximum atomic E-state index is 13.0. The van der Waals surface area contributed by atoms with Crippen LogP contribution in [0.25, 0.3) is 16.8 Å². The number of thioether (sulfide) groups is 1. The zero-order chi connectivity index (χ0) is 22.8. The molecule has 1 aliphatic rings. The molecular formula is C28H21NO2S2. The average molecular weight is 468 g/mol. The molecule has 0 atom stereocenters. The minimum absolute atomic E-state index is 0.0871. The van der Waals surface area contributed by atoms with E-state index in [0.717, 1.165) is 28.1 Å². The zero-order valence-corrected chi connectivity index (χ0v) is 19.7. The number of amides is 1. The average Bonchev–Trinajstić information content (AvgIpc) is 3.11. The van der Waals surface area contributed by atoms with Crippen LogP contribution < -0.4 is 9.64 Å². The normalized spacial score (nSPS) is 14.9. The van der Waals surface area contributed by atoms with Gasteiger partial charge in [0.1, 0.15) is 12.4 Å². The van der Waals surface area contributed by atoms with Gasteiger partial charge >= 0.3 is 0 Å². The molecule has 0 aliphatic carbocycles. The van der Waals surface area contributed by atoms with Gasteiger partial charge in [0.25, 0.3) is 5.91 Å². The number of ether oxygens (including phenoxy) is 1. The van der Waals surface area contributed by atoms with Gasteiger partial charge < -0.3 is 4.74 Å². The molecule has 0 aromatic heterocycles. The molecule has 5 rings (SSSR count). The van der Waals surface area contributed by atoms with Crippen LogP contribution in [0.2, 0.25) is 0 Å². The molecule has 0 radical (unpaired) electrons. The third-order valence-corrected chi connectivity index (χ3v) is 6.85. The summed E-state index contributed by atoms with van der Waals surface area (Å²) in [6.45, 7) is 2.48. The Morgan fingerprint density at radius 3 is 2.42 bits per heavy atom. The van der Waals surface area contributed by atoms with Crippen molar-refractivity contribution < 1.29 is 9.53 Å². The van der Waals surface area contributed by atoms with Crippen molar-refractivity contribution in [3.8, 4) is 5.75 Å². The van der Waals surface area contributed by atoms with Crippen LogP contribution in [0.4, 0.5) is 5.69 Å². The fourth-order valence-electron chi connectivity index (χ4n) is 3.80. The van der Waals surface area contributed by atoms with Crippen molar-refractivity contribution >= 4 is 56.7 Å². The minimum Gasteiger partial charge on any atom is -0.489 e. The van der Waals surface area contributed by atoms with E-state index in [1.165, 1.54) is 22.5 Å². The second kappa shape index (κ2) is 9.22. The van der Waals surface area contributed by atoms with E-state index in [-0.39, 0.29) is 5.91 Å². The Morgan fingerprint density at radius 2 is 1.64 bits per heavy atom. The molecule has 3 nitrogen and oxygen atoms in total. The van der Waals surface area contributed by atoms with E-state index in [9.17, 15) is 4.79 Å². The second-order valence-corrected chi connectivity index (χ2v) is 9.52. The molecule has 162 valence electrons. The van der Waals surface area contributed by atoms with Gasteiger partial charge in [-0.3, -0.25) is 9.69 Å². The smallest absolute Gasteiger partial charge is 0.270 e. The fourth-order valence-corrected chi connectivity index (χ4v) is 5.08. The van der Waals surface area contributed by atoms with Gasteiger partial charge in [-0.25, -0.2) is 0 Å². The fraction of sp³-hybridized carbons (Fsp3) is 0.0714. The first-order valence-electron chi connectivity index (χ1n) is 10.6. The monoisotopic (exact) mass is 467 g/mol. The second-order valence-electron chi connectivity index (χ2n) is 7.84. The molecule has 0 spiro atoms. The number of rotatable bonds is 5. The summed E-state index contributed by atoms with van der Waals surface area (Å²) in [6, 6.07) is 30.2. The summed E-state index contributed by atoms with van der Waals surface area (Å²) in [7, 11) is 0. The van der Waals surface area contributed by atoms with Crippen molar-refractivity contribution in [1.82, 2.24) is 0 Å². The van der Waals surface area contributed by atoms with Crippen LogP contribution in [0.1, 0.15) is 16.7 Å². The number of thiocarbonyl (C=S) groups is 1. The van der Waals surface area contributed by atoms with E-state index >= 15 is 0 Å². The molecule has 1 saturated heterocycles. The van der Waals surface area contributed by atoms with Crippen molar-refractivity contribution in [3.05, 3.63) is 113 Å². The van der Waals surface area contributed by atoms with Crippen LogP contribution in [0.3, 0.4) is 0 Å². The number of carbonyl (C=O) groups excluding carboxylic acids is 1. The van der Waals surface area contributed by atoms with E-state index < -0.39 is 0 Å². The first-order valence-corrected chi connectivity index (χ1v) is 11.8. The first kappa shape index (κ1) is 21.4. The number of anilines is 1. The number of nitrogens with zero attached hydrogens (tertiary/aromatic N) is 1. The van der Waals surface area contributed by atoms with Crippen molar-refractivity contribution in [2.24, 2.45) is 0 Å². The predicted molar refractivity (Wildman–Crippen MR) is 142 cm³/mol. The van der Waals surface area contributed by atoms with Gasteiger partial charge in [0.15, 0.2) is 4.32 Å². The van der Waals surface area contributed by atoms with Crippen LogP contribution in [-0.2, 0) is 11.4 Å². The Balaban J connectivity index is 1.28. The Hall–Kier alpha value is -3.41. The summed E-state index contributed by atoms with van der Waals surface area (Å²) in [5, 5.41) is 2.43. The van der Waals surface area contributed by atoms with Crippen LogP contribution in [0.15, 0.2) is 95.9 Å². The highest BCUT2D eigenvalue weighted by atomic mass is 32.2. The van der Waals surface area contributed by atoms with Gasteiger partial charge in [0, 0.05) is 0 Å². The number of fused-ring (bicyclic) bond motifs is 1. The molecule has 33 heavy (non-hydrogen) atoms. The van der Waals surface area contributed by atoms with Gasteiger partial charge in [0.2, 0.25) is 0 Å². The van der Waals surface area contributed by atoms with E-state index in [0.29, 0.717) is 15.8 Å². The molecule has 5 heteroatoms. The van der Waals surface area contributed by atoms with Crippen molar-refractivity contribution in [1.29, 1.82) is 0 Å². The summed E-state index contributed by atoms with van der Waals surface area (Å²) < 4.78 is 6.52. The van der Waals surface area contributed by atoms with E-state index in [1.54, 1.807) is 4.90 Å². The lowest BCUT2D eigenvalue weighted by Crippen LogP contribution is -2.28. The molecule has 1 aliphatic heterocycles. The summed E-state index contributed by atoms with van der Waals surface area (Å²) in [4.78, 5) is 15.2. The molecule has 0 bridgehead atoms. The van der Waals surface area contributed by atoms with Crippen molar-refractivity contribution in [2.45, 2.75) is 13.5 Å². The van der Waals surface area contributed by atoms with Gasteiger partial charge in [-0.1, -0.05) is 90.7 Å². The standard InChI is InChI=1S/C28H21NO2S2/c1-19-6-2-5-9-25(19)29-27(30)26(33-28(29)32)17-20-11-14-24(15-12-20)31-18-21-10-13-22-7-3-4-8-23(22)16-21/h2-17H,18H2,1H3/b26-17-. The Kier molecular flexibility index (Phi) is 5.99.